The molecule has 0 fully saturated rings. The lowest BCUT2D eigenvalue weighted by atomic mass is 10.3. The van der Waals surface area contributed by atoms with Crippen LogP contribution in [0, 0.1) is 0 Å². The van der Waals surface area contributed by atoms with Crippen molar-refractivity contribution in [2.75, 3.05) is 7.11 Å². The lowest BCUT2D eigenvalue weighted by molar-refractivity contribution is 0.130. The molecule has 0 radical (unpaired) electrons. The van der Waals surface area contributed by atoms with E-state index in [1.165, 1.54) is 18.1 Å². The number of hydrogen-bond donors (Lipinski definition) is 0. The van der Waals surface area contributed by atoms with Crippen molar-refractivity contribution < 1.29 is 13.6 Å². The van der Waals surface area contributed by atoms with E-state index in [4.69, 9.17) is 13.6 Å². The number of methoxy groups -OCH3 is 1. The van der Waals surface area contributed by atoms with Gasteiger partial charge in [-0.25, -0.2) is 0 Å². The smallest absolute Gasteiger partial charge is 0.263 e. The van der Waals surface area contributed by atoms with Crippen molar-refractivity contribution in [2.24, 2.45) is 0 Å². The zero-order chi connectivity index (χ0) is 17.9. The van der Waals surface area contributed by atoms with Gasteiger partial charge in [-0.15, -0.1) is 0 Å². The molecule has 0 heterocycles. The van der Waals surface area contributed by atoms with Gasteiger partial charge in [0.15, 0.2) is 8.32 Å². The number of hydrogen-bond acceptors (Lipinski definition) is 3. The Kier molecular flexibility index (Phi) is 11.2. The van der Waals surface area contributed by atoms with Crippen molar-refractivity contribution >= 4 is 16.6 Å². The van der Waals surface area contributed by atoms with E-state index in [1.807, 2.05) is 0 Å². The second-order valence-corrected chi connectivity index (χ2v) is 15.8. The highest BCUT2D eigenvalue weighted by Gasteiger charge is 2.34. The third-order valence-electron chi connectivity index (χ3n) is 5.51. The third-order valence-corrected chi connectivity index (χ3v) is 14.7. The molecule has 0 bridgehead atoms. The van der Waals surface area contributed by atoms with Crippen molar-refractivity contribution in [1.29, 1.82) is 0 Å². The first kappa shape index (κ1) is 22.7. The molecule has 1 atom stereocenters. The Labute approximate surface area is 147 Å². The van der Waals surface area contributed by atoms with Crippen molar-refractivity contribution in [3.05, 3.63) is 12.0 Å². The molecule has 138 valence electrons. The van der Waals surface area contributed by atoms with Crippen LogP contribution >= 0.6 is 0 Å². The summed E-state index contributed by atoms with van der Waals surface area (Å²) >= 11 is 0. The summed E-state index contributed by atoms with van der Waals surface area (Å²) in [6, 6.07) is 6.88. The van der Waals surface area contributed by atoms with E-state index in [2.05, 4.69) is 54.5 Å². The molecular weight excluding hydrogens is 320 g/mol. The van der Waals surface area contributed by atoms with Gasteiger partial charge in [-0.3, -0.25) is 0 Å². The van der Waals surface area contributed by atoms with Crippen molar-refractivity contribution in [3.63, 3.8) is 0 Å². The van der Waals surface area contributed by atoms with Gasteiger partial charge in [0.1, 0.15) is 0 Å². The predicted octanol–water partition coefficient (Wildman–Crippen LogP) is 6.30. The Bertz CT molecular complexity index is 321. The van der Waals surface area contributed by atoms with Crippen LogP contribution in [0.5, 0.6) is 0 Å². The van der Waals surface area contributed by atoms with Crippen LogP contribution in [0.1, 0.15) is 54.9 Å². The van der Waals surface area contributed by atoms with Gasteiger partial charge >= 0.3 is 0 Å². The van der Waals surface area contributed by atoms with Crippen LogP contribution in [-0.4, -0.2) is 29.8 Å². The molecule has 0 aliphatic rings. The van der Waals surface area contributed by atoms with Crippen LogP contribution in [0.25, 0.3) is 0 Å². The van der Waals surface area contributed by atoms with E-state index in [0.717, 1.165) is 24.6 Å². The van der Waals surface area contributed by atoms with Crippen LogP contribution in [0.4, 0.5) is 0 Å². The summed E-state index contributed by atoms with van der Waals surface area (Å²) in [5.41, 5.74) is 0. The normalized spacial score (nSPS) is 14.7. The topological polar surface area (TPSA) is 27.7 Å². The highest BCUT2D eigenvalue weighted by atomic mass is 28.4. The molecule has 0 aromatic heterocycles. The number of ether oxygens (including phenoxy) is 1. The average molecular weight is 361 g/mol. The molecule has 0 aliphatic heterocycles. The molecule has 23 heavy (non-hydrogen) atoms. The first-order valence-electron chi connectivity index (χ1n) is 9.56. The van der Waals surface area contributed by atoms with Crippen molar-refractivity contribution in [2.45, 2.75) is 97.3 Å². The molecule has 0 unspecified atom stereocenters. The van der Waals surface area contributed by atoms with Gasteiger partial charge in [0.25, 0.3) is 14.3 Å². The van der Waals surface area contributed by atoms with Crippen LogP contribution < -0.4 is 0 Å². The van der Waals surface area contributed by atoms with E-state index >= 15 is 0 Å². The second kappa shape index (κ2) is 11.3. The molecule has 0 aliphatic carbocycles. The lowest BCUT2D eigenvalue weighted by Gasteiger charge is -2.33. The molecule has 0 aromatic rings. The minimum atomic E-state index is -1.70. The summed E-state index contributed by atoms with van der Waals surface area (Å²) in [6.07, 6.45) is 3.16. The maximum absolute atomic E-state index is 6.60. The van der Waals surface area contributed by atoms with Gasteiger partial charge in [0.05, 0.1) is 13.2 Å². The standard InChI is InChI=1S/C18H40O3Si2/c1-9-17(20-22(10-2,11-3)12-4)16-18(19-8)21-23(13-5,14-6)15-7/h16-17H,9-15H2,1-8H3/t17-/m0/s1. The molecule has 5 heteroatoms. The summed E-state index contributed by atoms with van der Waals surface area (Å²) < 4.78 is 18.6. The van der Waals surface area contributed by atoms with E-state index in [-0.39, 0.29) is 6.10 Å². The lowest BCUT2D eigenvalue weighted by Crippen LogP contribution is -2.40. The average Bonchev–Trinajstić information content (AvgIpc) is 2.62. The van der Waals surface area contributed by atoms with Gasteiger partial charge in [0.2, 0.25) is 0 Å². The largest absolute Gasteiger partial charge is 0.519 e. The Morgan fingerprint density at radius 1 is 0.783 bits per heavy atom. The molecule has 0 spiro atoms. The maximum atomic E-state index is 6.60. The van der Waals surface area contributed by atoms with E-state index in [0.29, 0.717) is 5.95 Å². The van der Waals surface area contributed by atoms with E-state index in [1.54, 1.807) is 7.11 Å². The quantitative estimate of drug-likeness (QED) is 0.285. The highest BCUT2D eigenvalue weighted by Crippen LogP contribution is 2.28. The predicted molar refractivity (Wildman–Crippen MR) is 106 cm³/mol. The molecule has 0 amide bonds. The SMILES string of the molecule is CC[C@@H](C=C(OC)O[Si](CC)(CC)CC)O[Si](CC)(CC)CC. The third kappa shape index (κ3) is 6.63. The minimum Gasteiger partial charge on any atom is -0.519 e. The van der Waals surface area contributed by atoms with Crippen molar-refractivity contribution in [3.8, 4) is 0 Å². The molecular formula is C18H40O3Si2. The summed E-state index contributed by atoms with van der Waals surface area (Å²) in [5, 5.41) is 0. The van der Waals surface area contributed by atoms with E-state index < -0.39 is 16.6 Å². The van der Waals surface area contributed by atoms with Gasteiger partial charge in [-0.05, 0) is 42.7 Å². The molecule has 0 rings (SSSR count). The van der Waals surface area contributed by atoms with Gasteiger partial charge in [-0.2, -0.15) is 0 Å². The van der Waals surface area contributed by atoms with Crippen LogP contribution in [0.15, 0.2) is 12.0 Å². The fourth-order valence-corrected chi connectivity index (χ4v) is 8.42. The van der Waals surface area contributed by atoms with Gasteiger partial charge in [-0.1, -0.05) is 48.5 Å². The Morgan fingerprint density at radius 3 is 1.52 bits per heavy atom. The van der Waals surface area contributed by atoms with Gasteiger partial charge < -0.3 is 13.6 Å². The number of rotatable bonds is 13. The first-order chi connectivity index (χ1) is 10.9. The van der Waals surface area contributed by atoms with Gasteiger partial charge in [0, 0.05) is 6.08 Å². The first-order valence-corrected chi connectivity index (χ1v) is 14.6. The summed E-state index contributed by atoms with van der Waals surface area (Å²) in [6.45, 7) is 15.7. The maximum Gasteiger partial charge on any atom is 0.263 e. The zero-order valence-electron chi connectivity index (χ0n) is 16.8. The fourth-order valence-electron chi connectivity index (χ4n) is 3.03. The highest BCUT2D eigenvalue weighted by molar-refractivity contribution is 6.74. The molecule has 0 saturated heterocycles. The van der Waals surface area contributed by atoms with E-state index in [9.17, 15) is 0 Å². The zero-order valence-corrected chi connectivity index (χ0v) is 18.8. The fraction of sp³-hybridized carbons (Fsp3) is 0.889. The molecule has 0 saturated carbocycles. The minimum absolute atomic E-state index is 0.105. The van der Waals surface area contributed by atoms with Crippen LogP contribution in [-0.2, 0) is 13.6 Å². The van der Waals surface area contributed by atoms with Crippen LogP contribution in [0.2, 0.25) is 36.3 Å². The summed E-state index contributed by atoms with van der Waals surface area (Å²) in [5.74, 6) is 0.681. The molecule has 0 N–H and O–H groups in total. The molecule has 0 aromatic carbocycles. The Hall–Kier alpha value is -0.266. The second-order valence-electron chi connectivity index (χ2n) is 6.34. The Morgan fingerprint density at radius 2 is 1.22 bits per heavy atom. The van der Waals surface area contributed by atoms with Crippen molar-refractivity contribution in [1.82, 2.24) is 0 Å². The van der Waals surface area contributed by atoms with Crippen LogP contribution in [0.3, 0.4) is 0 Å². The monoisotopic (exact) mass is 360 g/mol. The summed E-state index contributed by atoms with van der Waals surface area (Å²) in [4.78, 5) is 0. The summed E-state index contributed by atoms with van der Waals surface area (Å²) in [7, 11) is -1.60. The molecule has 3 nitrogen and oxygen atoms in total. The Balaban J connectivity index is 5.24.